The summed E-state index contributed by atoms with van der Waals surface area (Å²) < 4.78 is 0. The molecule has 34 heavy (non-hydrogen) atoms. The number of aliphatic hydroxyl groups is 2. The average molecular weight is 469 g/mol. The zero-order chi connectivity index (χ0) is 25.4. The lowest BCUT2D eigenvalue weighted by molar-refractivity contribution is -0.165. The van der Waals surface area contributed by atoms with Crippen molar-refractivity contribution < 1.29 is 19.8 Å². The lowest BCUT2D eigenvalue weighted by atomic mass is 9.37. The Labute approximate surface area is 205 Å². The predicted molar refractivity (Wildman–Crippen MR) is 135 cm³/mol. The highest BCUT2D eigenvalue weighted by atomic mass is 16.3. The van der Waals surface area contributed by atoms with Gasteiger partial charge in [-0.25, -0.2) is 0 Å². The van der Waals surface area contributed by atoms with Crippen LogP contribution in [-0.4, -0.2) is 34.0 Å². The van der Waals surface area contributed by atoms with Gasteiger partial charge in [-0.2, -0.15) is 0 Å². The molecule has 4 aliphatic carbocycles. The molecule has 2 N–H and O–H groups in total. The van der Waals surface area contributed by atoms with Crippen LogP contribution in [0.25, 0.3) is 0 Å². The smallest absolute Gasteiger partial charge is 0.160 e. The van der Waals surface area contributed by atoms with Gasteiger partial charge in [0.25, 0.3) is 0 Å². The molecular weight excluding hydrogens is 424 g/mol. The van der Waals surface area contributed by atoms with Gasteiger partial charge in [0.15, 0.2) is 5.78 Å². The van der Waals surface area contributed by atoms with Crippen LogP contribution in [0, 0.1) is 39.4 Å². The van der Waals surface area contributed by atoms with E-state index < -0.39 is 12.2 Å². The quantitative estimate of drug-likeness (QED) is 0.516. The molecular formula is C30H44O4. The lowest BCUT2D eigenvalue weighted by Gasteiger charge is -2.66. The Hall–Kier alpha value is -1.52. The Bertz CT molecular complexity index is 986. The van der Waals surface area contributed by atoms with Crippen molar-refractivity contribution in [2.24, 2.45) is 39.4 Å². The van der Waals surface area contributed by atoms with E-state index in [9.17, 15) is 19.8 Å². The zero-order valence-corrected chi connectivity index (χ0v) is 22.2. The monoisotopic (exact) mass is 468 g/mol. The molecule has 4 rings (SSSR count). The summed E-state index contributed by atoms with van der Waals surface area (Å²) in [6, 6.07) is 0. The Morgan fingerprint density at radius 3 is 2.41 bits per heavy atom. The first-order chi connectivity index (χ1) is 15.6. The van der Waals surface area contributed by atoms with Crippen molar-refractivity contribution >= 4 is 11.6 Å². The molecule has 4 nitrogen and oxygen atoms in total. The molecule has 2 saturated carbocycles. The van der Waals surface area contributed by atoms with Crippen molar-refractivity contribution in [1.29, 1.82) is 0 Å². The van der Waals surface area contributed by atoms with Crippen molar-refractivity contribution in [1.82, 2.24) is 0 Å². The van der Waals surface area contributed by atoms with Crippen molar-refractivity contribution in [3.05, 3.63) is 35.5 Å². The highest BCUT2D eigenvalue weighted by molar-refractivity contribution is 6.01. The number of fused-ring (bicyclic) bond motifs is 5. The summed E-state index contributed by atoms with van der Waals surface area (Å²) in [6.07, 6.45) is 7.07. The van der Waals surface area contributed by atoms with Crippen LogP contribution in [0.5, 0.6) is 0 Å². The number of Topliss-reactive ketones (excluding diaryl/α,β-unsaturated/α-hetero) is 2. The molecule has 0 aliphatic heterocycles. The first-order valence-corrected chi connectivity index (χ1v) is 13.1. The fourth-order valence-electron chi connectivity index (χ4n) is 8.75. The number of carbonyl (C=O) groups is 2. The molecule has 0 amide bonds. The van der Waals surface area contributed by atoms with Crippen LogP contribution >= 0.6 is 0 Å². The van der Waals surface area contributed by atoms with Gasteiger partial charge in [-0.1, -0.05) is 60.3 Å². The molecule has 0 spiro atoms. The molecule has 8 unspecified atom stereocenters. The Morgan fingerprint density at radius 1 is 1.15 bits per heavy atom. The van der Waals surface area contributed by atoms with Gasteiger partial charge in [0.1, 0.15) is 11.9 Å². The SMILES string of the molecule is C=C(C)C(O)C(O)CC(C)C1=C2C=CC3C4(C)CCC(=O)C(C)(C)C4CCC3(C)C2(C)CC1=O. The van der Waals surface area contributed by atoms with Gasteiger partial charge in [0, 0.05) is 29.2 Å². The van der Waals surface area contributed by atoms with Gasteiger partial charge in [-0.15, -0.1) is 0 Å². The second-order valence-corrected chi connectivity index (χ2v) is 13.3. The number of hydrogen-bond donors (Lipinski definition) is 2. The third-order valence-electron chi connectivity index (χ3n) is 11.0. The van der Waals surface area contributed by atoms with E-state index in [4.69, 9.17) is 0 Å². The highest BCUT2D eigenvalue weighted by Crippen LogP contribution is 2.72. The van der Waals surface area contributed by atoms with Gasteiger partial charge in [-0.3, -0.25) is 9.59 Å². The van der Waals surface area contributed by atoms with Crippen LogP contribution in [0.1, 0.15) is 87.0 Å². The van der Waals surface area contributed by atoms with E-state index in [0.717, 1.165) is 30.4 Å². The minimum atomic E-state index is -0.979. The summed E-state index contributed by atoms with van der Waals surface area (Å²) in [5.74, 6) is 1.11. The maximum atomic E-state index is 13.5. The van der Waals surface area contributed by atoms with Gasteiger partial charge in [-0.05, 0) is 72.3 Å². The van der Waals surface area contributed by atoms with Gasteiger partial charge < -0.3 is 10.2 Å². The second kappa shape index (κ2) is 8.00. The Balaban J connectivity index is 1.74. The first-order valence-electron chi connectivity index (χ1n) is 13.1. The van der Waals surface area contributed by atoms with E-state index in [-0.39, 0.29) is 33.4 Å². The summed E-state index contributed by atoms with van der Waals surface area (Å²) in [5, 5.41) is 20.8. The van der Waals surface area contributed by atoms with E-state index in [1.54, 1.807) is 6.92 Å². The molecule has 8 atom stereocenters. The normalized spacial score (nSPS) is 41.4. The number of aliphatic hydroxyl groups excluding tert-OH is 2. The van der Waals surface area contributed by atoms with Gasteiger partial charge in [0.2, 0.25) is 0 Å². The summed E-state index contributed by atoms with van der Waals surface area (Å²) in [7, 11) is 0. The molecule has 0 heterocycles. The molecule has 0 radical (unpaired) electrons. The molecule has 2 fully saturated rings. The molecule has 0 aromatic heterocycles. The van der Waals surface area contributed by atoms with Crippen LogP contribution in [0.2, 0.25) is 0 Å². The highest BCUT2D eigenvalue weighted by Gasteiger charge is 2.66. The summed E-state index contributed by atoms with van der Waals surface area (Å²) in [6.45, 7) is 18.8. The van der Waals surface area contributed by atoms with E-state index >= 15 is 0 Å². The van der Waals surface area contributed by atoms with Crippen LogP contribution in [0.15, 0.2) is 35.5 Å². The standard InChI is InChI=1S/C30H44O4/c1-17(2)26(34)20(31)15-18(3)25-19-9-10-23-28(6)13-12-24(33)27(4,5)22(28)11-14-29(23,7)30(19,8)16-21(25)32/h9-10,18,20,22-23,26,31,34H,1,11-16H2,2-8H3. The molecule has 0 saturated heterocycles. The summed E-state index contributed by atoms with van der Waals surface area (Å²) in [4.78, 5) is 26.3. The van der Waals surface area contributed by atoms with Crippen molar-refractivity contribution in [3.63, 3.8) is 0 Å². The number of hydrogen-bond acceptors (Lipinski definition) is 4. The van der Waals surface area contributed by atoms with E-state index in [1.807, 2.05) is 6.92 Å². The molecule has 0 aromatic carbocycles. The maximum Gasteiger partial charge on any atom is 0.160 e. The first kappa shape index (κ1) is 25.6. The number of carbonyl (C=O) groups excluding carboxylic acids is 2. The third kappa shape index (κ3) is 3.31. The fraction of sp³-hybridized carbons (Fsp3) is 0.733. The largest absolute Gasteiger partial charge is 0.390 e. The van der Waals surface area contributed by atoms with Crippen LogP contribution < -0.4 is 0 Å². The van der Waals surface area contributed by atoms with Gasteiger partial charge in [0.05, 0.1) is 6.10 Å². The summed E-state index contributed by atoms with van der Waals surface area (Å²) in [5.41, 5.74) is 1.91. The molecule has 4 heteroatoms. The van der Waals surface area contributed by atoms with Crippen molar-refractivity contribution in [2.75, 3.05) is 0 Å². The minimum absolute atomic E-state index is 0.0364. The zero-order valence-electron chi connectivity index (χ0n) is 22.2. The van der Waals surface area contributed by atoms with Crippen molar-refractivity contribution in [2.45, 2.75) is 99.2 Å². The van der Waals surface area contributed by atoms with Crippen molar-refractivity contribution in [3.8, 4) is 0 Å². The maximum absolute atomic E-state index is 13.5. The lowest BCUT2D eigenvalue weighted by Crippen LogP contribution is -2.61. The number of rotatable bonds is 5. The minimum Gasteiger partial charge on any atom is -0.390 e. The molecule has 188 valence electrons. The Morgan fingerprint density at radius 2 is 1.79 bits per heavy atom. The molecule has 4 aliphatic rings. The molecule has 0 bridgehead atoms. The van der Waals surface area contributed by atoms with Crippen LogP contribution in [0.3, 0.4) is 0 Å². The number of ketones is 2. The van der Waals surface area contributed by atoms with Crippen LogP contribution in [-0.2, 0) is 9.59 Å². The van der Waals surface area contributed by atoms with E-state index in [1.165, 1.54) is 0 Å². The fourth-order valence-corrected chi connectivity index (χ4v) is 8.75. The molecule has 0 aromatic rings. The second-order valence-electron chi connectivity index (χ2n) is 13.3. The van der Waals surface area contributed by atoms with Gasteiger partial charge >= 0.3 is 0 Å². The Kier molecular flexibility index (Phi) is 6.01. The number of allylic oxidation sites excluding steroid dienone is 4. The van der Waals surface area contributed by atoms with E-state index in [0.29, 0.717) is 42.5 Å². The third-order valence-corrected chi connectivity index (χ3v) is 11.0. The van der Waals surface area contributed by atoms with Crippen LogP contribution in [0.4, 0.5) is 0 Å². The summed E-state index contributed by atoms with van der Waals surface area (Å²) >= 11 is 0. The predicted octanol–water partition coefficient (Wildman–Crippen LogP) is 5.58. The van der Waals surface area contributed by atoms with E-state index in [2.05, 4.69) is 53.3 Å². The topological polar surface area (TPSA) is 74.6 Å². The average Bonchev–Trinajstić information content (AvgIpc) is 3.01.